The summed E-state index contributed by atoms with van der Waals surface area (Å²) in [6.07, 6.45) is -2.11. The third-order valence-corrected chi connectivity index (χ3v) is 3.39. The monoisotopic (exact) mass is 263 g/mol. The zero-order valence-corrected chi connectivity index (χ0v) is 10.6. The third-order valence-electron chi connectivity index (χ3n) is 3.39. The molecular weight excluding hydrogens is 243 g/mol. The lowest BCUT2D eigenvalue weighted by Crippen LogP contribution is -2.42. The average molecular weight is 263 g/mol. The van der Waals surface area contributed by atoms with Crippen molar-refractivity contribution in [3.63, 3.8) is 0 Å². The van der Waals surface area contributed by atoms with Crippen LogP contribution in [0, 0.1) is 17.2 Å². The fourth-order valence-corrected chi connectivity index (χ4v) is 2.25. The third kappa shape index (κ3) is 4.83. The molecule has 2 unspecified atom stereocenters. The van der Waals surface area contributed by atoms with E-state index in [1.54, 1.807) is 6.92 Å². The molecule has 0 amide bonds. The van der Waals surface area contributed by atoms with Gasteiger partial charge in [-0.05, 0) is 45.7 Å². The molecule has 18 heavy (non-hydrogen) atoms. The number of hydrogen-bond acceptors (Lipinski definition) is 3. The fourth-order valence-electron chi connectivity index (χ4n) is 2.25. The normalized spacial score (nSPS) is 25.4. The lowest BCUT2D eigenvalue weighted by molar-refractivity contribution is -0.186. The van der Waals surface area contributed by atoms with E-state index in [-0.39, 0.29) is 13.0 Å². The molecule has 0 aliphatic carbocycles. The summed E-state index contributed by atoms with van der Waals surface area (Å²) in [7, 11) is 0. The minimum Gasteiger partial charge on any atom is -0.314 e. The molecule has 0 aromatic carbocycles. The number of alkyl halides is 3. The van der Waals surface area contributed by atoms with Crippen molar-refractivity contribution in [2.24, 2.45) is 11.7 Å². The van der Waals surface area contributed by atoms with E-state index in [0.29, 0.717) is 32.4 Å². The van der Waals surface area contributed by atoms with Gasteiger partial charge in [-0.1, -0.05) is 0 Å². The van der Waals surface area contributed by atoms with Crippen LogP contribution in [0.25, 0.3) is 0 Å². The van der Waals surface area contributed by atoms with Gasteiger partial charge < -0.3 is 10.6 Å². The molecule has 0 radical (unpaired) electrons. The molecular formula is C12H20F3N3. The molecule has 3 nitrogen and oxygen atoms in total. The van der Waals surface area contributed by atoms with Gasteiger partial charge in [0.25, 0.3) is 0 Å². The smallest absolute Gasteiger partial charge is 0.314 e. The molecule has 0 aromatic rings. The van der Waals surface area contributed by atoms with Crippen molar-refractivity contribution in [2.45, 2.75) is 44.3 Å². The second-order valence-corrected chi connectivity index (χ2v) is 5.31. The second-order valence-electron chi connectivity index (χ2n) is 5.31. The first-order chi connectivity index (χ1) is 8.24. The zero-order chi connectivity index (χ0) is 13.8. The van der Waals surface area contributed by atoms with E-state index in [1.165, 1.54) is 0 Å². The number of rotatable bonds is 4. The highest BCUT2D eigenvalue weighted by molar-refractivity contribution is 5.00. The van der Waals surface area contributed by atoms with Gasteiger partial charge in [0.2, 0.25) is 0 Å². The van der Waals surface area contributed by atoms with E-state index >= 15 is 0 Å². The summed E-state index contributed by atoms with van der Waals surface area (Å²) in [5, 5.41) is 8.74. The largest absolute Gasteiger partial charge is 0.393 e. The maximum atomic E-state index is 12.6. The van der Waals surface area contributed by atoms with Crippen molar-refractivity contribution < 1.29 is 13.2 Å². The van der Waals surface area contributed by atoms with E-state index in [1.807, 2.05) is 11.0 Å². The van der Waals surface area contributed by atoms with Gasteiger partial charge in [0.15, 0.2) is 0 Å². The first-order valence-electron chi connectivity index (χ1n) is 6.24. The molecule has 0 spiro atoms. The van der Waals surface area contributed by atoms with Crippen LogP contribution in [0.1, 0.15) is 32.6 Å². The lowest BCUT2D eigenvalue weighted by Gasteiger charge is -2.34. The second kappa shape index (κ2) is 5.89. The number of halogens is 3. The molecule has 1 aliphatic heterocycles. The fraction of sp³-hybridized carbons (Fsp3) is 0.917. The minimum atomic E-state index is -4.09. The van der Waals surface area contributed by atoms with Crippen LogP contribution >= 0.6 is 0 Å². The van der Waals surface area contributed by atoms with E-state index in [4.69, 9.17) is 11.0 Å². The van der Waals surface area contributed by atoms with Crippen molar-refractivity contribution in [3.8, 4) is 6.07 Å². The topological polar surface area (TPSA) is 53.1 Å². The molecule has 1 saturated heterocycles. The molecule has 104 valence electrons. The van der Waals surface area contributed by atoms with Crippen molar-refractivity contribution in [2.75, 3.05) is 19.6 Å². The summed E-state index contributed by atoms with van der Waals surface area (Å²) in [6, 6.07) is 1.99. The van der Waals surface area contributed by atoms with Crippen LogP contribution < -0.4 is 5.73 Å². The summed E-state index contributed by atoms with van der Waals surface area (Å²) < 4.78 is 37.8. The summed E-state index contributed by atoms with van der Waals surface area (Å²) in [5.41, 5.74) is 4.79. The molecule has 6 heteroatoms. The quantitative estimate of drug-likeness (QED) is 0.846. The van der Waals surface area contributed by atoms with E-state index in [2.05, 4.69) is 0 Å². The van der Waals surface area contributed by atoms with Gasteiger partial charge in [0.05, 0.1) is 12.0 Å². The molecule has 2 N–H and O–H groups in total. The Labute approximate surface area is 106 Å². The maximum absolute atomic E-state index is 12.6. The Bertz CT molecular complexity index is 307. The Balaban J connectivity index is 2.34. The van der Waals surface area contributed by atoms with Crippen LogP contribution in [-0.2, 0) is 0 Å². The summed E-state index contributed by atoms with van der Waals surface area (Å²) in [5.74, 6) is -1.20. The van der Waals surface area contributed by atoms with Crippen LogP contribution in [0.5, 0.6) is 0 Å². The van der Waals surface area contributed by atoms with E-state index < -0.39 is 17.6 Å². The van der Waals surface area contributed by atoms with E-state index in [9.17, 15) is 13.2 Å². The standard InChI is InChI=1S/C12H20F3N3/c1-11(17,9-16)5-3-7-18-6-2-4-10(8-18)12(13,14)15/h10H,2-8,17H2,1H3. The van der Waals surface area contributed by atoms with Crippen LogP contribution in [0.15, 0.2) is 0 Å². The Morgan fingerprint density at radius 1 is 1.44 bits per heavy atom. The minimum absolute atomic E-state index is 0.0807. The number of nitriles is 1. The Morgan fingerprint density at radius 3 is 2.67 bits per heavy atom. The van der Waals surface area contributed by atoms with Crippen molar-refractivity contribution >= 4 is 0 Å². The Morgan fingerprint density at radius 2 is 2.11 bits per heavy atom. The van der Waals surface area contributed by atoms with Crippen LogP contribution in [-0.4, -0.2) is 36.2 Å². The molecule has 2 atom stereocenters. The molecule has 1 aliphatic rings. The van der Waals surface area contributed by atoms with Gasteiger partial charge in [0.1, 0.15) is 5.54 Å². The van der Waals surface area contributed by atoms with Crippen molar-refractivity contribution in [1.82, 2.24) is 4.90 Å². The van der Waals surface area contributed by atoms with Crippen molar-refractivity contribution in [1.29, 1.82) is 5.26 Å². The predicted molar refractivity (Wildman–Crippen MR) is 62.7 cm³/mol. The van der Waals surface area contributed by atoms with Gasteiger partial charge >= 0.3 is 6.18 Å². The first kappa shape index (κ1) is 15.3. The maximum Gasteiger partial charge on any atom is 0.393 e. The lowest BCUT2D eigenvalue weighted by atomic mass is 9.96. The molecule has 1 rings (SSSR count). The van der Waals surface area contributed by atoms with Crippen LogP contribution in [0.4, 0.5) is 13.2 Å². The van der Waals surface area contributed by atoms with Gasteiger partial charge in [0, 0.05) is 6.54 Å². The number of hydrogen-bond donors (Lipinski definition) is 1. The van der Waals surface area contributed by atoms with Gasteiger partial charge in [-0.25, -0.2) is 0 Å². The molecule has 1 fully saturated rings. The molecule has 1 heterocycles. The highest BCUT2D eigenvalue weighted by atomic mass is 19.4. The SMILES string of the molecule is CC(N)(C#N)CCCN1CCCC(C(F)(F)F)C1. The Hall–Kier alpha value is -0.800. The Kier molecular flexibility index (Phi) is 5.00. The molecule has 0 saturated carbocycles. The van der Waals surface area contributed by atoms with Gasteiger partial charge in [-0.3, -0.25) is 0 Å². The van der Waals surface area contributed by atoms with Gasteiger partial charge in [-0.15, -0.1) is 0 Å². The summed E-state index contributed by atoms with van der Waals surface area (Å²) >= 11 is 0. The number of nitrogens with zero attached hydrogens (tertiary/aromatic N) is 2. The summed E-state index contributed by atoms with van der Waals surface area (Å²) in [4.78, 5) is 1.83. The van der Waals surface area contributed by atoms with Crippen LogP contribution in [0.3, 0.4) is 0 Å². The highest BCUT2D eigenvalue weighted by Gasteiger charge is 2.41. The zero-order valence-electron chi connectivity index (χ0n) is 10.6. The number of nitrogens with two attached hydrogens (primary N) is 1. The highest BCUT2D eigenvalue weighted by Crippen LogP contribution is 2.33. The molecule has 0 aromatic heterocycles. The molecule has 0 bridgehead atoms. The number of piperidine rings is 1. The average Bonchev–Trinajstić information content (AvgIpc) is 2.28. The number of likely N-dealkylation sites (tertiary alicyclic amines) is 1. The van der Waals surface area contributed by atoms with Crippen molar-refractivity contribution in [3.05, 3.63) is 0 Å². The van der Waals surface area contributed by atoms with Gasteiger partial charge in [-0.2, -0.15) is 18.4 Å². The summed E-state index contributed by atoms with van der Waals surface area (Å²) in [6.45, 7) is 3.01. The first-order valence-corrected chi connectivity index (χ1v) is 6.24. The van der Waals surface area contributed by atoms with Crippen LogP contribution in [0.2, 0.25) is 0 Å². The van der Waals surface area contributed by atoms with E-state index in [0.717, 1.165) is 0 Å². The predicted octanol–water partition coefficient (Wildman–Crippen LogP) is 2.28.